The average Bonchev–Trinajstić information content (AvgIpc) is 2.77. The molecule has 30 heavy (non-hydrogen) atoms. The largest absolute Gasteiger partial charge is 0.288 e. The molecular weight excluding hydrogens is 394 g/mol. The second kappa shape index (κ2) is 12.5. The van der Waals surface area contributed by atoms with Gasteiger partial charge in [0.05, 0.1) is 0 Å². The van der Waals surface area contributed by atoms with E-state index in [4.69, 9.17) is 0 Å². The zero-order valence-electron chi connectivity index (χ0n) is 18.3. The van der Waals surface area contributed by atoms with Crippen LogP contribution in [0, 0.1) is 5.92 Å². The number of benzene rings is 2. The van der Waals surface area contributed by atoms with Crippen LogP contribution in [0.25, 0.3) is 11.1 Å². The van der Waals surface area contributed by atoms with Crippen molar-refractivity contribution in [1.82, 2.24) is 0 Å². The molecule has 0 N–H and O–H groups in total. The first-order valence-electron chi connectivity index (χ1n) is 11.8. The molecule has 0 unspecified atom stereocenters. The third-order valence-electron chi connectivity index (χ3n) is 6.61. The molecule has 3 rings (SSSR count). The Labute approximate surface area is 185 Å². The Bertz CT molecular complexity index is 716. The summed E-state index contributed by atoms with van der Waals surface area (Å²) in [5.41, 5.74) is 3.70. The fourth-order valence-corrected chi connectivity index (χ4v) is 5.27. The molecule has 0 spiro atoms. The van der Waals surface area contributed by atoms with E-state index < -0.39 is 5.76 Å². The first kappa shape index (κ1) is 23.3. The van der Waals surface area contributed by atoms with Gasteiger partial charge in [0.2, 0.25) is 0 Å². The molecule has 1 fully saturated rings. The maximum Gasteiger partial charge on any atom is 0.288 e. The fraction of sp³-hybridized carbons (Fsp3) is 0.556. The normalized spacial score (nSPS) is 19.3. The minimum atomic E-state index is -2.36. The Morgan fingerprint density at radius 1 is 0.767 bits per heavy atom. The molecular formula is C27H36F2S. The van der Waals surface area contributed by atoms with Crippen LogP contribution in [0.15, 0.2) is 53.4 Å². The van der Waals surface area contributed by atoms with Gasteiger partial charge in [-0.05, 0) is 66.3 Å². The number of hydrogen-bond acceptors (Lipinski definition) is 1. The maximum atomic E-state index is 12.5. The lowest BCUT2D eigenvalue weighted by molar-refractivity contribution is 0.252. The van der Waals surface area contributed by atoms with Crippen molar-refractivity contribution < 1.29 is 8.78 Å². The topological polar surface area (TPSA) is 0 Å². The molecule has 2 aromatic rings. The molecule has 2 aromatic carbocycles. The Kier molecular flexibility index (Phi) is 9.71. The van der Waals surface area contributed by atoms with Crippen LogP contribution in [0.5, 0.6) is 0 Å². The van der Waals surface area contributed by atoms with E-state index in [2.05, 4.69) is 31.2 Å². The second-order valence-corrected chi connectivity index (χ2v) is 9.86. The van der Waals surface area contributed by atoms with Crippen LogP contribution in [-0.4, -0.2) is 5.76 Å². The quantitative estimate of drug-likeness (QED) is 0.252. The zero-order valence-corrected chi connectivity index (χ0v) is 19.1. The first-order valence-corrected chi connectivity index (χ1v) is 12.7. The van der Waals surface area contributed by atoms with Crippen molar-refractivity contribution in [2.45, 2.75) is 94.1 Å². The molecule has 0 aliphatic heterocycles. The van der Waals surface area contributed by atoms with Gasteiger partial charge >= 0.3 is 0 Å². The molecule has 1 aliphatic carbocycles. The van der Waals surface area contributed by atoms with Crippen LogP contribution in [0.1, 0.15) is 89.0 Å². The van der Waals surface area contributed by atoms with Crippen LogP contribution in [-0.2, 0) is 0 Å². The lowest BCUT2D eigenvalue weighted by Crippen LogP contribution is -2.13. The summed E-state index contributed by atoms with van der Waals surface area (Å²) in [5.74, 6) is -0.725. The van der Waals surface area contributed by atoms with Crippen LogP contribution in [0.2, 0.25) is 0 Å². The summed E-state index contributed by atoms with van der Waals surface area (Å²) < 4.78 is 24.9. The fourth-order valence-electron chi connectivity index (χ4n) is 4.77. The second-order valence-electron chi connectivity index (χ2n) is 8.80. The molecule has 164 valence electrons. The molecule has 3 heteroatoms. The predicted molar refractivity (Wildman–Crippen MR) is 126 cm³/mol. The third kappa shape index (κ3) is 7.41. The zero-order chi connectivity index (χ0) is 21.2. The van der Waals surface area contributed by atoms with Crippen LogP contribution < -0.4 is 0 Å². The lowest BCUT2D eigenvalue weighted by atomic mass is 9.77. The summed E-state index contributed by atoms with van der Waals surface area (Å²) in [4.78, 5) is 0.614. The Balaban J connectivity index is 1.43. The van der Waals surface area contributed by atoms with E-state index in [1.54, 1.807) is 12.1 Å². The number of thioether (sulfide) groups is 1. The number of alkyl halides is 2. The number of halogens is 2. The van der Waals surface area contributed by atoms with Crippen LogP contribution in [0.3, 0.4) is 0 Å². The van der Waals surface area contributed by atoms with Crippen molar-refractivity contribution >= 4 is 11.8 Å². The smallest absolute Gasteiger partial charge is 0.198 e. The van der Waals surface area contributed by atoms with Gasteiger partial charge in [-0.2, -0.15) is 8.78 Å². The van der Waals surface area contributed by atoms with E-state index in [-0.39, 0.29) is 0 Å². The summed E-state index contributed by atoms with van der Waals surface area (Å²) in [6, 6.07) is 16.4. The van der Waals surface area contributed by atoms with E-state index >= 15 is 0 Å². The van der Waals surface area contributed by atoms with Crippen molar-refractivity contribution in [3.8, 4) is 11.1 Å². The first-order chi connectivity index (χ1) is 14.7. The minimum Gasteiger partial charge on any atom is -0.198 e. The molecule has 0 amide bonds. The average molecular weight is 431 g/mol. The maximum absolute atomic E-state index is 12.5. The Morgan fingerprint density at radius 3 is 1.93 bits per heavy atom. The summed E-state index contributed by atoms with van der Waals surface area (Å²) >= 11 is 0.599. The van der Waals surface area contributed by atoms with Gasteiger partial charge < -0.3 is 0 Å². The van der Waals surface area contributed by atoms with Crippen molar-refractivity contribution in [1.29, 1.82) is 0 Å². The van der Waals surface area contributed by atoms with Gasteiger partial charge in [0, 0.05) is 4.90 Å². The van der Waals surface area contributed by atoms with E-state index in [0.29, 0.717) is 22.6 Å². The third-order valence-corrected chi connectivity index (χ3v) is 7.33. The molecule has 0 heterocycles. The standard InChI is InChI=1S/C27H36F2S/c1-2-3-4-5-6-7-8-21-9-11-22(12-10-21)23-13-15-24(16-14-23)25-17-19-26(20-18-25)30-27(28)29/h13-22,27H,2-12H2,1H3. The van der Waals surface area contributed by atoms with Gasteiger partial charge in [-0.1, -0.05) is 100 Å². The summed E-state index contributed by atoms with van der Waals surface area (Å²) in [5, 5.41) is 0. The van der Waals surface area contributed by atoms with E-state index in [1.807, 2.05) is 12.1 Å². The molecule has 1 aliphatic rings. The van der Waals surface area contributed by atoms with Crippen molar-refractivity contribution in [3.05, 3.63) is 54.1 Å². The van der Waals surface area contributed by atoms with Gasteiger partial charge in [-0.25, -0.2) is 0 Å². The van der Waals surface area contributed by atoms with Gasteiger partial charge in [0.1, 0.15) is 0 Å². The number of hydrogen-bond donors (Lipinski definition) is 0. The lowest BCUT2D eigenvalue weighted by Gasteiger charge is -2.29. The van der Waals surface area contributed by atoms with Gasteiger partial charge in [-0.15, -0.1) is 0 Å². The number of rotatable bonds is 11. The van der Waals surface area contributed by atoms with Crippen LogP contribution >= 0.6 is 11.8 Å². The highest BCUT2D eigenvalue weighted by atomic mass is 32.2. The van der Waals surface area contributed by atoms with Crippen molar-refractivity contribution in [2.75, 3.05) is 0 Å². The Morgan fingerprint density at radius 2 is 1.33 bits per heavy atom. The van der Waals surface area contributed by atoms with Gasteiger partial charge in [0.25, 0.3) is 5.76 Å². The summed E-state index contributed by atoms with van der Waals surface area (Å²) in [6.07, 6.45) is 15.2. The molecule has 1 saturated carbocycles. The highest BCUT2D eigenvalue weighted by Gasteiger charge is 2.22. The molecule has 0 nitrogen and oxygen atoms in total. The Hall–Kier alpha value is -1.35. The molecule has 0 bridgehead atoms. The molecule has 0 radical (unpaired) electrons. The van der Waals surface area contributed by atoms with Crippen molar-refractivity contribution in [3.63, 3.8) is 0 Å². The molecule has 0 atom stereocenters. The van der Waals surface area contributed by atoms with Gasteiger partial charge in [-0.3, -0.25) is 0 Å². The highest BCUT2D eigenvalue weighted by Crippen LogP contribution is 2.38. The summed E-state index contributed by atoms with van der Waals surface area (Å²) in [6.45, 7) is 2.28. The SMILES string of the molecule is CCCCCCCCC1CCC(c2ccc(-c3ccc(SC(F)F)cc3)cc2)CC1. The van der Waals surface area contributed by atoms with Crippen molar-refractivity contribution in [2.24, 2.45) is 5.92 Å². The molecule has 0 saturated heterocycles. The highest BCUT2D eigenvalue weighted by molar-refractivity contribution is 7.99. The number of unbranched alkanes of at least 4 members (excludes halogenated alkanes) is 5. The predicted octanol–water partition coefficient (Wildman–Crippen LogP) is 9.69. The van der Waals surface area contributed by atoms with E-state index in [9.17, 15) is 8.78 Å². The summed E-state index contributed by atoms with van der Waals surface area (Å²) in [7, 11) is 0. The molecule has 0 aromatic heterocycles. The minimum absolute atomic E-state index is 0.599. The van der Waals surface area contributed by atoms with E-state index in [0.717, 1.165) is 17.0 Å². The van der Waals surface area contributed by atoms with Crippen LogP contribution in [0.4, 0.5) is 8.78 Å². The monoisotopic (exact) mass is 430 g/mol. The van der Waals surface area contributed by atoms with Gasteiger partial charge in [0.15, 0.2) is 0 Å². The van der Waals surface area contributed by atoms with E-state index in [1.165, 1.54) is 76.2 Å².